The minimum Gasteiger partial charge on any atom is -0.428 e. The number of hydrogen-bond acceptors (Lipinski definition) is 9. The van der Waals surface area contributed by atoms with Gasteiger partial charge in [-0.05, 0) is 62.9 Å². The molecule has 4 aromatic heterocycles. The Balaban J connectivity index is 1.33. The molecule has 0 saturated heterocycles. The van der Waals surface area contributed by atoms with E-state index in [-0.39, 0.29) is 24.1 Å². The van der Waals surface area contributed by atoms with Crippen LogP contribution in [0.1, 0.15) is 72.1 Å². The fourth-order valence-electron chi connectivity index (χ4n) is 5.05. The molecule has 3 atom stereocenters. The molecule has 0 aromatic carbocycles. The number of rotatable bonds is 9. The topological polar surface area (TPSA) is 154 Å². The summed E-state index contributed by atoms with van der Waals surface area (Å²) in [5.74, 6) is 0.289. The molecule has 1 saturated carbocycles. The first-order valence-corrected chi connectivity index (χ1v) is 12.8. The van der Waals surface area contributed by atoms with Crippen molar-refractivity contribution in [3.05, 3.63) is 78.0 Å². The van der Waals surface area contributed by atoms with E-state index in [9.17, 15) is 15.2 Å². The van der Waals surface area contributed by atoms with Gasteiger partial charge in [-0.3, -0.25) is 9.78 Å². The summed E-state index contributed by atoms with van der Waals surface area (Å²) in [6.07, 6.45) is 7.03. The van der Waals surface area contributed by atoms with E-state index < -0.39 is 23.7 Å². The molecule has 0 unspecified atom stereocenters. The summed E-state index contributed by atoms with van der Waals surface area (Å²) in [6.45, 7) is 1.38. The van der Waals surface area contributed by atoms with Gasteiger partial charge in [0.05, 0.1) is 28.5 Å². The SMILES string of the molecule is C[C@@](O)(CNC1CCC(c2nnco2)CC1)[C@H](F)[C@H](NC(=O)c1cccnc1)c1ccc2cc(C#N)cnn12. The summed E-state index contributed by atoms with van der Waals surface area (Å²) in [4.78, 5) is 17.0. The molecule has 1 aliphatic carbocycles. The van der Waals surface area contributed by atoms with E-state index >= 15 is 4.39 Å². The van der Waals surface area contributed by atoms with Crippen LogP contribution in [0.5, 0.6) is 0 Å². The smallest absolute Gasteiger partial charge is 0.253 e. The maximum atomic E-state index is 16.3. The van der Waals surface area contributed by atoms with Crippen molar-refractivity contribution in [2.24, 2.45) is 0 Å². The second-order valence-electron chi connectivity index (χ2n) is 10.1. The summed E-state index contributed by atoms with van der Waals surface area (Å²) in [5.41, 5.74) is -0.337. The van der Waals surface area contributed by atoms with Gasteiger partial charge in [-0.25, -0.2) is 8.91 Å². The zero-order chi connectivity index (χ0) is 27.4. The van der Waals surface area contributed by atoms with Gasteiger partial charge in [0, 0.05) is 30.9 Å². The van der Waals surface area contributed by atoms with Crippen molar-refractivity contribution < 1.29 is 18.7 Å². The second-order valence-corrected chi connectivity index (χ2v) is 10.1. The number of carbonyl (C=O) groups is 1. The highest BCUT2D eigenvalue weighted by atomic mass is 19.1. The van der Waals surface area contributed by atoms with Crippen LogP contribution < -0.4 is 10.6 Å². The third-order valence-corrected chi connectivity index (χ3v) is 7.28. The highest BCUT2D eigenvalue weighted by Crippen LogP contribution is 2.33. The predicted octanol–water partition coefficient (Wildman–Crippen LogP) is 2.86. The number of halogens is 1. The van der Waals surface area contributed by atoms with Crippen LogP contribution in [0, 0.1) is 11.3 Å². The van der Waals surface area contributed by atoms with Crippen LogP contribution >= 0.6 is 0 Å². The Kier molecular flexibility index (Phi) is 7.63. The predicted molar refractivity (Wildman–Crippen MR) is 137 cm³/mol. The number of pyridine rings is 1. The van der Waals surface area contributed by atoms with Gasteiger partial charge in [0.25, 0.3) is 5.91 Å². The second kappa shape index (κ2) is 11.3. The van der Waals surface area contributed by atoms with E-state index in [1.165, 1.54) is 36.4 Å². The van der Waals surface area contributed by atoms with Gasteiger partial charge < -0.3 is 20.2 Å². The molecule has 4 heterocycles. The third-order valence-electron chi connectivity index (χ3n) is 7.28. The zero-order valence-electron chi connectivity index (χ0n) is 21.4. The quantitative estimate of drug-likeness (QED) is 0.295. The van der Waals surface area contributed by atoms with Crippen molar-refractivity contribution >= 4 is 11.4 Å². The van der Waals surface area contributed by atoms with Gasteiger partial charge in [0.2, 0.25) is 12.3 Å². The molecule has 39 heavy (non-hydrogen) atoms. The van der Waals surface area contributed by atoms with Gasteiger partial charge in [0.15, 0.2) is 6.17 Å². The Bertz CT molecular complexity index is 1440. The minimum absolute atomic E-state index is 0.0291. The lowest BCUT2D eigenvalue weighted by Crippen LogP contribution is -2.53. The molecule has 0 bridgehead atoms. The van der Waals surface area contributed by atoms with Crippen molar-refractivity contribution in [2.75, 3.05) is 6.54 Å². The third kappa shape index (κ3) is 5.79. The number of hydrogen-bond donors (Lipinski definition) is 3. The standard InChI is InChI=1S/C27H29FN8O3/c1-27(38,15-31-20-6-4-18(5-7-20)26-35-32-16-39-26)24(28)23(34-25(37)19-3-2-10-30-14-19)22-9-8-21-11-17(12-29)13-33-36(21)22/h2-3,8-11,13-14,16,18,20,23-24,31,38H,4-7,15H2,1H3,(H,34,37)/t18?,20?,23-,24-,27-/m1/s1. The summed E-state index contributed by atoms with van der Waals surface area (Å²) in [7, 11) is 0. The van der Waals surface area contributed by atoms with Gasteiger partial charge in [0.1, 0.15) is 17.7 Å². The molecule has 0 spiro atoms. The number of carbonyl (C=O) groups excluding carboxylic acids is 1. The number of fused-ring (bicyclic) bond motifs is 1. The summed E-state index contributed by atoms with van der Waals surface area (Å²) in [5, 5.41) is 38.6. The van der Waals surface area contributed by atoms with Crippen LogP contribution in [0.15, 0.2) is 59.7 Å². The van der Waals surface area contributed by atoms with E-state index in [1.54, 1.807) is 30.3 Å². The number of amides is 1. The molecule has 1 amide bonds. The van der Waals surface area contributed by atoms with E-state index in [0.29, 0.717) is 22.7 Å². The summed E-state index contributed by atoms with van der Waals surface area (Å²) < 4.78 is 23.1. The van der Waals surface area contributed by atoms with Crippen LogP contribution in [0.2, 0.25) is 0 Å². The molecule has 1 aliphatic rings. The van der Waals surface area contributed by atoms with Crippen molar-refractivity contribution in [3.63, 3.8) is 0 Å². The molecule has 4 aromatic rings. The zero-order valence-corrected chi connectivity index (χ0v) is 21.4. The first kappa shape index (κ1) is 26.4. The lowest BCUT2D eigenvalue weighted by Gasteiger charge is -2.35. The van der Waals surface area contributed by atoms with Gasteiger partial charge >= 0.3 is 0 Å². The molecule has 3 N–H and O–H groups in total. The number of nitrogens with one attached hydrogen (secondary N) is 2. The lowest BCUT2D eigenvalue weighted by atomic mass is 9.85. The van der Waals surface area contributed by atoms with Crippen LogP contribution in [-0.4, -0.2) is 60.2 Å². The molecule has 0 radical (unpaired) electrons. The van der Waals surface area contributed by atoms with Crippen molar-refractivity contribution in [1.29, 1.82) is 5.26 Å². The number of alkyl halides is 1. The van der Waals surface area contributed by atoms with Crippen LogP contribution in [0.25, 0.3) is 5.52 Å². The molecule has 12 heteroatoms. The largest absolute Gasteiger partial charge is 0.428 e. The molecule has 202 valence electrons. The number of aliphatic hydroxyl groups is 1. The molecule has 0 aliphatic heterocycles. The maximum absolute atomic E-state index is 16.3. The molecule has 5 rings (SSSR count). The number of aromatic nitrogens is 5. The normalized spacial score (nSPS) is 20.6. The summed E-state index contributed by atoms with van der Waals surface area (Å²) >= 11 is 0. The Hall–Kier alpha value is -4.21. The Morgan fingerprint density at radius 3 is 2.82 bits per heavy atom. The van der Waals surface area contributed by atoms with Gasteiger partial charge in [-0.15, -0.1) is 10.2 Å². The van der Waals surface area contributed by atoms with E-state index in [4.69, 9.17) is 4.42 Å². The number of nitriles is 1. The van der Waals surface area contributed by atoms with E-state index in [1.807, 2.05) is 6.07 Å². The van der Waals surface area contributed by atoms with Crippen LogP contribution in [0.3, 0.4) is 0 Å². The fraction of sp³-hybridized carbons (Fsp3) is 0.407. The molecule has 11 nitrogen and oxygen atoms in total. The first-order chi connectivity index (χ1) is 18.9. The van der Waals surface area contributed by atoms with Crippen molar-refractivity contribution in [1.82, 2.24) is 35.4 Å². The minimum atomic E-state index is -1.91. The Morgan fingerprint density at radius 1 is 1.31 bits per heavy atom. The van der Waals surface area contributed by atoms with Crippen molar-refractivity contribution in [3.8, 4) is 6.07 Å². The first-order valence-electron chi connectivity index (χ1n) is 12.8. The Morgan fingerprint density at radius 2 is 2.13 bits per heavy atom. The van der Waals surface area contributed by atoms with Crippen molar-refractivity contribution in [2.45, 2.75) is 62.4 Å². The molecule has 1 fully saturated rings. The Labute approximate surface area is 224 Å². The summed E-state index contributed by atoms with van der Waals surface area (Å²) in [6, 6.07) is 9.00. The fourth-order valence-corrected chi connectivity index (χ4v) is 5.05. The van der Waals surface area contributed by atoms with Gasteiger partial charge in [-0.2, -0.15) is 10.4 Å². The maximum Gasteiger partial charge on any atom is 0.253 e. The molecular weight excluding hydrogens is 503 g/mol. The average Bonchev–Trinajstić information content (AvgIpc) is 3.65. The highest BCUT2D eigenvalue weighted by Gasteiger charge is 2.41. The van der Waals surface area contributed by atoms with E-state index in [0.717, 1.165) is 25.7 Å². The number of nitrogens with zero attached hydrogens (tertiary/aromatic N) is 6. The van der Waals surface area contributed by atoms with Gasteiger partial charge in [-0.1, -0.05) is 0 Å². The molecular formula is C27H29FN8O3. The van der Waals surface area contributed by atoms with E-state index in [2.05, 4.69) is 30.9 Å². The van der Waals surface area contributed by atoms with Crippen LogP contribution in [-0.2, 0) is 0 Å². The highest BCUT2D eigenvalue weighted by molar-refractivity contribution is 5.94. The average molecular weight is 533 g/mol. The monoisotopic (exact) mass is 532 g/mol. The lowest BCUT2D eigenvalue weighted by molar-refractivity contribution is -0.0368. The van der Waals surface area contributed by atoms with Crippen LogP contribution in [0.4, 0.5) is 4.39 Å².